The first-order chi connectivity index (χ1) is 10.7. The van der Waals surface area contributed by atoms with E-state index < -0.39 is 48.7 Å². The van der Waals surface area contributed by atoms with Crippen LogP contribution in [0.5, 0.6) is 0 Å². The third-order valence-corrected chi connectivity index (χ3v) is 6.00. The van der Waals surface area contributed by atoms with Crippen LogP contribution in [0.1, 0.15) is 0 Å². The minimum absolute atomic E-state index is 0. The van der Waals surface area contributed by atoms with Gasteiger partial charge in [-0.15, -0.1) is 11.6 Å². The fourth-order valence-corrected chi connectivity index (χ4v) is 3.74. The first-order valence-electron chi connectivity index (χ1n) is 4.03. The molecule has 0 saturated carbocycles. The van der Waals surface area contributed by atoms with E-state index in [9.17, 15) is 56.8 Å². The summed E-state index contributed by atoms with van der Waals surface area (Å²) in [5.74, 6) is 0. The Balaban J connectivity index is -0.0000000677. The van der Waals surface area contributed by atoms with Crippen LogP contribution in [0.4, 0.5) is 0 Å². The van der Waals surface area contributed by atoms with Crippen LogP contribution in [-0.4, -0.2) is 153 Å². The topological polar surface area (TPSA) is 278 Å². The SMILES string of the molecule is CCl.O=[P+]([O-])OP(=O)([O-])O[P+](=O)[O-].O=[P+]([O-])OP(=O)([O-])O[P+](=O)[O-].[Ba+2].[Ba+2].[Ba+2]. The molecule has 0 rings (SSSR count). The van der Waals surface area contributed by atoms with E-state index in [4.69, 9.17) is 0 Å². The van der Waals surface area contributed by atoms with Crippen molar-refractivity contribution in [1.29, 1.82) is 0 Å². The summed E-state index contributed by atoms with van der Waals surface area (Å²) >= 11 is 4.64. The third kappa shape index (κ3) is 42.1. The zero-order valence-corrected chi connectivity index (χ0v) is 32.2. The summed E-state index contributed by atoms with van der Waals surface area (Å²) in [7, 11) is -25.2. The molecule has 0 saturated heterocycles. The molecule has 16 nitrogen and oxygen atoms in total. The predicted molar refractivity (Wildman–Crippen MR) is 79.0 cm³/mol. The third-order valence-electron chi connectivity index (χ3n) is 0.667. The number of hydrogen-bond acceptors (Lipinski definition) is 16. The Morgan fingerprint density at radius 2 is 0.704 bits per heavy atom. The smallest absolute Gasteiger partial charge is 0.750 e. The zero-order chi connectivity index (χ0) is 20.1. The molecule has 27 heavy (non-hydrogen) atoms. The van der Waals surface area contributed by atoms with Crippen LogP contribution in [-0.2, 0) is 44.6 Å². The van der Waals surface area contributed by atoms with Gasteiger partial charge in [0.15, 0.2) is 0 Å². The Hall–Kier alpha value is 5.46. The van der Waals surface area contributed by atoms with E-state index in [1.807, 2.05) is 0 Å². The monoisotopic (exact) mass is 905 g/mol. The van der Waals surface area contributed by atoms with Gasteiger partial charge in [-0.3, -0.25) is 9.13 Å². The van der Waals surface area contributed by atoms with E-state index in [0.717, 1.165) is 0 Å². The number of phosphoric acid groups is 2. The van der Waals surface area contributed by atoms with Crippen LogP contribution in [0, 0.1) is 0 Å². The molecule has 0 bridgehead atoms. The maximum atomic E-state index is 10.1. The molecular formula is CH3Ba3ClO16P6+4. The van der Waals surface area contributed by atoms with Crippen molar-refractivity contribution in [2.75, 3.05) is 6.38 Å². The molecule has 0 aliphatic rings. The summed E-state index contributed by atoms with van der Waals surface area (Å²) in [6, 6.07) is 0. The van der Waals surface area contributed by atoms with E-state index in [-0.39, 0.29) is 147 Å². The summed E-state index contributed by atoms with van der Waals surface area (Å²) in [6.07, 6.45) is 1.47. The second-order valence-corrected chi connectivity index (χ2v) is 8.31. The molecule has 0 N–H and O–H groups in total. The van der Waals surface area contributed by atoms with E-state index in [1.54, 1.807) is 0 Å². The first kappa shape index (κ1) is 45.9. The molecule has 0 aliphatic carbocycles. The molecule has 0 spiro atoms. The Bertz CT molecular complexity index is 464. The van der Waals surface area contributed by atoms with Crippen LogP contribution in [0.25, 0.3) is 0 Å². The van der Waals surface area contributed by atoms with E-state index in [0.29, 0.717) is 0 Å². The van der Waals surface area contributed by atoms with Crippen molar-refractivity contribution in [3.63, 3.8) is 0 Å². The predicted octanol–water partition coefficient (Wildman–Crippen LogP) is -3.24. The van der Waals surface area contributed by atoms with Crippen molar-refractivity contribution < 1.29 is 74.0 Å². The van der Waals surface area contributed by atoms with Crippen LogP contribution < -0.4 is 29.4 Å². The molecule has 0 fully saturated rings. The fraction of sp³-hybridized carbons (Fsp3) is 1.00. The van der Waals surface area contributed by atoms with Crippen LogP contribution in [0.2, 0.25) is 0 Å². The molecule has 142 valence electrons. The van der Waals surface area contributed by atoms with Crippen molar-refractivity contribution >= 4 is 207 Å². The summed E-state index contributed by atoms with van der Waals surface area (Å²) in [6.45, 7) is 0. The normalized spacial score (nSPS) is 15.6. The number of hydrogen-bond donors (Lipinski definition) is 0. The molecule has 0 aromatic heterocycles. The molecule has 0 radical (unpaired) electrons. The van der Waals surface area contributed by atoms with Crippen LogP contribution >= 0.6 is 60.3 Å². The second-order valence-electron chi connectivity index (χ2n) is 2.12. The Labute approximate surface area is 281 Å². The van der Waals surface area contributed by atoms with Gasteiger partial charge in [0.1, 0.15) is 0 Å². The van der Waals surface area contributed by atoms with Gasteiger partial charge >= 0.3 is 195 Å². The standard InChI is InChI=1S/CH3Cl.3Ba.2HO8P3/c1-2;;;;2*1-9(2)7-11(5,6)8-10(3)4/h1H3;;;;2*(H,5,6)/q;3*+2;;/p-2. The molecule has 0 aromatic rings. The molecule has 4 atom stereocenters. The van der Waals surface area contributed by atoms with Crippen LogP contribution in [0.15, 0.2) is 0 Å². The first-order valence-corrected chi connectivity index (χ1v) is 12.1. The van der Waals surface area contributed by atoms with E-state index in [1.165, 1.54) is 6.38 Å². The van der Waals surface area contributed by atoms with Gasteiger partial charge in [0.25, 0.3) is 0 Å². The van der Waals surface area contributed by atoms with Gasteiger partial charge in [0, 0.05) is 6.38 Å². The minimum Gasteiger partial charge on any atom is -0.750 e. The van der Waals surface area contributed by atoms with Crippen molar-refractivity contribution in [3.05, 3.63) is 0 Å². The molecule has 0 aliphatic heterocycles. The summed E-state index contributed by atoms with van der Waals surface area (Å²) in [5, 5.41) is 0. The van der Waals surface area contributed by atoms with Crippen molar-refractivity contribution in [2.45, 2.75) is 0 Å². The maximum Gasteiger partial charge on any atom is 2.00 e. The van der Waals surface area contributed by atoms with Gasteiger partial charge in [-0.25, -0.2) is 0 Å². The molecule has 0 amide bonds. The minimum atomic E-state index is -5.25. The molecule has 26 heteroatoms. The average Bonchev–Trinajstić information content (AvgIpc) is 2.24. The molecule has 4 unspecified atom stereocenters. The zero-order valence-electron chi connectivity index (χ0n) is 12.7. The number of halogens is 1. The Kier molecular flexibility index (Phi) is 44.3. The second kappa shape index (κ2) is 26.1. The van der Waals surface area contributed by atoms with Gasteiger partial charge in [-0.1, -0.05) is 17.2 Å². The largest absolute Gasteiger partial charge is 2.00 e. The van der Waals surface area contributed by atoms with E-state index in [2.05, 4.69) is 28.8 Å². The van der Waals surface area contributed by atoms with Crippen molar-refractivity contribution in [3.8, 4) is 0 Å². The summed E-state index contributed by atoms with van der Waals surface area (Å²) in [5.41, 5.74) is 0. The average molecular weight is 904 g/mol. The summed E-state index contributed by atoms with van der Waals surface area (Å²) < 4.78 is 70.8. The number of rotatable bonds is 8. The van der Waals surface area contributed by atoms with Gasteiger partial charge < -0.3 is 29.4 Å². The van der Waals surface area contributed by atoms with Gasteiger partial charge in [-0.2, -0.15) is 0 Å². The van der Waals surface area contributed by atoms with Crippen LogP contribution in [0.3, 0.4) is 0 Å². The Morgan fingerprint density at radius 3 is 0.778 bits per heavy atom. The van der Waals surface area contributed by atoms with Crippen molar-refractivity contribution in [1.82, 2.24) is 0 Å². The molecule has 0 aromatic carbocycles. The number of alkyl halides is 1. The van der Waals surface area contributed by atoms with Gasteiger partial charge in [0.05, 0.1) is 0 Å². The molecular weight excluding hydrogens is 901 g/mol. The quantitative estimate of drug-likeness (QED) is 0.131. The van der Waals surface area contributed by atoms with Gasteiger partial charge in [0.2, 0.25) is 0 Å². The fourth-order valence-electron chi connectivity index (χ4n) is 0.356. The van der Waals surface area contributed by atoms with Crippen molar-refractivity contribution in [2.24, 2.45) is 0 Å². The summed E-state index contributed by atoms with van der Waals surface area (Å²) in [4.78, 5) is 58.4. The maximum absolute atomic E-state index is 10.1. The van der Waals surface area contributed by atoms with E-state index >= 15 is 0 Å². The van der Waals surface area contributed by atoms with Gasteiger partial charge in [-0.05, 0) is 18.3 Å². The molecule has 0 heterocycles. The Morgan fingerprint density at radius 1 is 0.593 bits per heavy atom.